The second kappa shape index (κ2) is 7.34. The molecule has 27 heavy (non-hydrogen) atoms. The van der Waals surface area contributed by atoms with Crippen LogP contribution in [0.3, 0.4) is 0 Å². The van der Waals surface area contributed by atoms with Gasteiger partial charge in [-0.05, 0) is 37.8 Å². The van der Waals surface area contributed by atoms with E-state index in [1.165, 1.54) is 6.92 Å². The number of nitrogens with zero attached hydrogens (tertiary/aromatic N) is 2. The van der Waals surface area contributed by atoms with Gasteiger partial charge in [-0.25, -0.2) is 0 Å². The summed E-state index contributed by atoms with van der Waals surface area (Å²) in [6.45, 7) is 2.30. The maximum Gasteiger partial charge on any atom is 0.452 e. The van der Waals surface area contributed by atoms with Gasteiger partial charge >= 0.3 is 6.18 Å². The molecular weight excluding hydrogens is 383 g/mol. The summed E-state index contributed by atoms with van der Waals surface area (Å²) in [6.07, 6.45) is -2.77. The van der Waals surface area contributed by atoms with Crippen molar-refractivity contribution < 1.29 is 27.3 Å². The Kier molecular flexibility index (Phi) is 5.27. The van der Waals surface area contributed by atoms with E-state index in [0.29, 0.717) is 22.8 Å². The van der Waals surface area contributed by atoms with Gasteiger partial charge in [-0.1, -0.05) is 5.16 Å². The number of aromatic nitrogens is 1. The number of alkyl halides is 3. The zero-order chi connectivity index (χ0) is 19.8. The fourth-order valence-corrected chi connectivity index (χ4v) is 4.28. The Morgan fingerprint density at radius 1 is 1.41 bits per heavy atom. The highest BCUT2D eigenvalue weighted by Crippen LogP contribution is 2.38. The zero-order valence-corrected chi connectivity index (χ0v) is 15.3. The molecule has 2 amide bonds. The van der Waals surface area contributed by atoms with Crippen molar-refractivity contribution in [2.45, 2.75) is 32.4 Å². The topological polar surface area (TPSA) is 89.4 Å². The summed E-state index contributed by atoms with van der Waals surface area (Å²) in [7, 11) is 0. The summed E-state index contributed by atoms with van der Waals surface area (Å²) < 4.78 is 43.0. The number of nitrogens with two attached hydrogens (primary N) is 1. The van der Waals surface area contributed by atoms with E-state index in [2.05, 4.69) is 9.68 Å². The van der Waals surface area contributed by atoms with Crippen molar-refractivity contribution in [1.82, 2.24) is 10.1 Å². The smallest absolute Gasteiger partial charge is 0.370 e. The lowest BCUT2D eigenvalue weighted by molar-refractivity contribution is -0.156. The van der Waals surface area contributed by atoms with Crippen molar-refractivity contribution in [1.29, 1.82) is 0 Å². The summed E-state index contributed by atoms with van der Waals surface area (Å²) in [5.74, 6) is -1.71. The molecule has 1 saturated heterocycles. The molecule has 1 aliphatic rings. The van der Waals surface area contributed by atoms with E-state index in [4.69, 9.17) is 5.73 Å². The monoisotopic (exact) mass is 401 g/mol. The molecule has 2 aromatic rings. The summed E-state index contributed by atoms with van der Waals surface area (Å²) in [5.41, 5.74) is 5.21. The van der Waals surface area contributed by atoms with Crippen molar-refractivity contribution in [3.8, 4) is 10.6 Å². The summed E-state index contributed by atoms with van der Waals surface area (Å²) in [4.78, 5) is 26.3. The van der Waals surface area contributed by atoms with E-state index >= 15 is 0 Å². The normalized spacial score (nSPS) is 17.9. The molecule has 10 heteroatoms. The minimum atomic E-state index is -4.62. The Labute approximate surface area is 157 Å². The van der Waals surface area contributed by atoms with Crippen LogP contribution in [0.4, 0.5) is 13.2 Å². The first kappa shape index (κ1) is 19.4. The van der Waals surface area contributed by atoms with E-state index in [1.54, 1.807) is 17.0 Å². The molecule has 0 spiro atoms. The van der Waals surface area contributed by atoms with Gasteiger partial charge in [0.1, 0.15) is 5.69 Å². The van der Waals surface area contributed by atoms with Crippen LogP contribution in [-0.4, -0.2) is 35.0 Å². The Morgan fingerprint density at radius 3 is 2.78 bits per heavy atom. The Bertz CT molecular complexity index is 859. The van der Waals surface area contributed by atoms with Crippen LogP contribution in [0.5, 0.6) is 0 Å². The largest absolute Gasteiger partial charge is 0.452 e. The number of hydrogen-bond acceptors (Lipinski definition) is 5. The second-order valence-electron chi connectivity index (χ2n) is 6.58. The number of primary amides is 1. The van der Waals surface area contributed by atoms with E-state index in [0.717, 1.165) is 24.2 Å². The van der Waals surface area contributed by atoms with Gasteiger partial charge in [0, 0.05) is 25.1 Å². The lowest BCUT2D eigenvalue weighted by Gasteiger charge is -2.32. The number of carbonyl (C=O) groups excluding carboxylic acids is 2. The summed E-state index contributed by atoms with van der Waals surface area (Å²) in [5, 5.41) is 3.52. The third-order valence-electron chi connectivity index (χ3n) is 4.53. The fourth-order valence-electron chi connectivity index (χ4n) is 3.27. The number of likely N-dealkylation sites (tertiary alicyclic amines) is 1. The highest BCUT2D eigenvalue weighted by Gasteiger charge is 2.39. The van der Waals surface area contributed by atoms with Crippen molar-refractivity contribution >= 4 is 23.2 Å². The molecule has 146 valence electrons. The molecular formula is C17H18F3N3O3S. The molecule has 2 aromatic heterocycles. The molecule has 1 fully saturated rings. The third-order valence-corrected chi connectivity index (χ3v) is 5.61. The molecule has 3 heterocycles. The van der Waals surface area contributed by atoms with Crippen LogP contribution in [0.2, 0.25) is 0 Å². The van der Waals surface area contributed by atoms with Crippen molar-refractivity contribution in [3.63, 3.8) is 0 Å². The quantitative estimate of drug-likeness (QED) is 0.850. The molecule has 1 aliphatic heterocycles. The van der Waals surface area contributed by atoms with Gasteiger partial charge < -0.3 is 15.2 Å². The molecule has 1 atom stereocenters. The maximum absolute atomic E-state index is 12.9. The number of hydrogen-bond donors (Lipinski definition) is 1. The lowest BCUT2D eigenvalue weighted by atomic mass is 9.94. The number of piperidine rings is 1. The lowest BCUT2D eigenvalue weighted by Crippen LogP contribution is -2.40. The first-order valence-electron chi connectivity index (χ1n) is 8.38. The molecule has 2 N–H and O–H groups in total. The molecule has 0 aromatic carbocycles. The predicted molar refractivity (Wildman–Crippen MR) is 92.0 cm³/mol. The number of thiophene rings is 1. The Morgan fingerprint density at radius 2 is 2.15 bits per heavy atom. The van der Waals surface area contributed by atoms with Gasteiger partial charge in [-0.2, -0.15) is 13.2 Å². The van der Waals surface area contributed by atoms with Crippen LogP contribution in [0.1, 0.15) is 40.3 Å². The van der Waals surface area contributed by atoms with Crippen LogP contribution in [0.25, 0.3) is 10.6 Å². The first-order valence-corrected chi connectivity index (χ1v) is 9.19. The molecule has 0 unspecified atom stereocenters. The number of halogens is 3. The van der Waals surface area contributed by atoms with Gasteiger partial charge in [-0.3, -0.25) is 9.59 Å². The highest BCUT2D eigenvalue weighted by atomic mass is 32.1. The summed E-state index contributed by atoms with van der Waals surface area (Å²) >= 11 is 1.07. The van der Waals surface area contributed by atoms with Crippen molar-refractivity contribution in [2.75, 3.05) is 13.1 Å². The van der Waals surface area contributed by atoms with E-state index < -0.39 is 17.8 Å². The Hall–Kier alpha value is -2.36. The SMILES string of the molecule is Cc1c(-c2ccc(C(=O)N3CCC[C@@H](CC(N)=O)C3)s2)noc1C(F)(F)F. The van der Waals surface area contributed by atoms with Gasteiger partial charge in [0.05, 0.1) is 9.75 Å². The van der Waals surface area contributed by atoms with Crippen LogP contribution in [-0.2, 0) is 11.0 Å². The molecule has 6 nitrogen and oxygen atoms in total. The fraction of sp³-hybridized carbons (Fsp3) is 0.471. The van der Waals surface area contributed by atoms with Gasteiger partial charge in [-0.15, -0.1) is 11.3 Å². The predicted octanol–water partition coefficient (Wildman–Crippen LogP) is 3.46. The average Bonchev–Trinajstić information content (AvgIpc) is 3.19. The zero-order valence-electron chi connectivity index (χ0n) is 14.5. The number of amides is 2. The van der Waals surface area contributed by atoms with Crippen LogP contribution >= 0.6 is 11.3 Å². The van der Waals surface area contributed by atoms with E-state index in [-0.39, 0.29) is 29.5 Å². The molecule has 0 bridgehead atoms. The average molecular weight is 401 g/mol. The van der Waals surface area contributed by atoms with Crippen molar-refractivity contribution in [3.05, 3.63) is 28.3 Å². The minimum absolute atomic E-state index is 0.0340. The minimum Gasteiger partial charge on any atom is -0.370 e. The van der Waals surface area contributed by atoms with Crippen molar-refractivity contribution in [2.24, 2.45) is 11.7 Å². The Balaban J connectivity index is 1.77. The molecule has 3 rings (SSSR count). The molecule has 0 radical (unpaired) electrons. The number of carbonyl (C=O) groups is 2. The third kappa shape index (κ3) is 4.15. The van der Waals surface area contributed by atoms with Crippen LogP contribution < -0.4 is 5.73 Å². The summed E-state index contributed by atoms with van der Waals surface area (Å²) in [6, 6.07) is 3.13. The number of rotatable bonds is 4. The van der Waals surface area contributed by atoms with Gasteiger partial charge in [0.25, 0.3) is 5.91 Å². The second-order valence-corrected chi connectivity index (χ2v) is 7.66. The maximum atomic E-state index is 12.9. The molecule has 0 saturated carbocycles. The molecule has 0 aliphatic carbocycles. The van der Waals surface area contributed by atoms with E-state index in [1.807, 2.05) is 0 Å². The highest BCUT2D eigenvalue weighted by molar-refractivity contribution is 7.17. The van der Waals surface area contributed by atoms with Gasteiger partial charge in [0.15, 0.2) is 0 Å². The van der Waals surface area contributed by atoms with E-state index in [9.17, 15) is 22.8 Å². The first-order chi connectivity index (χ1) is 12.7. The van der Waals surface area contributed by atoms with Gasteiger partial charge in [0.2, 0.25) is 11.7 Å². The standard InChI is InChI=1S/C17H18F3N3O3S/c1-9-14(22-26-15(9)17(18,19)20)11-4-5-12(27-11)16(25)23-6-2-3-10(8-23)7-13(21)24/h4-5,10H,2-3,6-8H2,1H3,(H2,21,24)/t10-/m0/s1. The van der Waals surface area contributed by atoms with Crippen LogP contribution in [0.15, 0.2) is 16.7 Å². The van der Waals surface area contributed by atoms with Crippen LogP contribution in [0, 0.1) is 12.8 Å².